The van der Waals surface area contributed by atoms with Crippen LogP contribution in [0.4, 0.5) is 4.39 Å². The Labute approximate surface area is 233 Å². The van der Waals surface area contributed by atoms with E-state index in [-0.39, 0.29) is 55.5 Å². The van der Waals surface area contributed by atoms with E-state index in [0.717, 1.165) is 44.3 Å². The molecule has 1 aromatic rings. The molecule has 4 unspecified atom stereocenters. The van der Waals surface area contributed by atoms with E-state index in [1.54, 1.807) is 0 Å². The number of piperidine rings is 1. The van der Waals surface area contributed by atoms with Crippen LogP contribution in [0.3, 0.4) is 0 Å². The number of Topliss-reactive ketones (excluding diaryl/α,β-unsaturated/α-hetero) is 1. The Bertz CT molecular complexity index is 803. The van der Waals surface area contributed by atoms with Crippen LogP contribution in [0.2, 0.25) is 0 Å². The van der Waals surface area contributed by atoms with Crippen LogP contribution in [0.15, 0.2) is 29.3 Å². The molecule has 4 atom stereocenters. The van der Waals surface area contributed by atoms with E-state index >= 15 is 0 Å². The fourth-order valence-corrected chi connectivity index (χ4v) is 6.03. The summed E-state index contributed by atoms with van der Waals surface area (Å²) < 4.78 is 13.5. The Morgan fingerprint density at radius 3 is 2.54 bits per heavy atom. The molecular weight excluding hydrogens is 660 g/mol. The minimum atomic E-state index is -0.239. The standard InChI is InChI=1S/C25H38FN3O2S2.O.Re/c1-2-23(30)25-21(18-4-6-19(26)7-5-18)16-20-8-9-22(25)29(20)12-3-11-28(13-15-33)17-24(31)27-10-14-32;;/h4-7,20-22,25,32-33H,2-3,8-17H2,1H3,(H,27,31);;/q;-2;/p-3. The van der Waals surface area contributed by atoms with Gasteiger partial charge in [-0.3, -0.25) is 9.69 Å². The number of fused-ring (bicyclic) bond motifs is 2. The molecule has 6 nitrogen and oxygen atoms in total. The number of hydrogen-bond donors (Lipinski definition) is 0. The molecule has 0 spiro atoms. The van der Waals surface area contributed by atoms with Crippen molar-refractivity contribution in [3.05, 3.63) is 35.6 Å². The zero-order chi connectivity index (χ0) is 23.8. The van der Waals surface area contributed by atoms with Gasteiger partial charge in [-0.2, -0.15) is 11.5 Å². The van der Waals surface area contributed by atoms with E-state index < -0.39 is 0 Å². The number of carbonyl (C=O) groups is 1. The van der Waals surface area contributed by atoms with Crippen molar-refractivity contribution in [3.8, 4) is 0 Å². The van der Waals surface area contributed by atoms with Gasteiger partial charge in [-0.25, -0.2) is 4.39 Å². The van der Waals surface area contributed by atoms with Crippen molar-refractivity contribution in [1.29, 1.82) is 0 Å². The maximum Gasteiger partial charge on any atom is 0.137 e. The second-order valence-corrected chi connectivity index (χ2v) is 9.91. The third kappa shape index (κ3) is 8.81. The van der Waals surface area contributed by atoms with Gasteiger partial charge in [0.2, 0.25) is 0 Å². The summed E-state index contributed by atoms with van der Waals surface area (Å²) >= 11 is 10.0. The molecule has 0 aliphatic carbocycles. The van der Waals surface area contributed by atoms with Gasteiger partial charge in [0.15, 0.2) is 0 Å². The monoisotopic (exact) mass is 695 g/mol. The summed E-state index contributed by atoms with van der Waals surface area (Å²) in [7, 11) is 0. The van der Waals surface area contributed by atoms with Gasteiger partial charge in [-0.1, -0.05) is 19.1 Å². The predicted octanol–water partition coefficient (Wildman–Crippen LogP) is 2.16. The molecule has 2 bridgehead atoms. The molecule has 0 N–H and O–H groups in total. The average Bonchev–Trinajstić information content (AvgIpc) is 3.08. The molecule has 3 rings (SSSR count). The van der Waals surface area contributed by atoms with Gasteiger partial charge in [0.1, 0.15) is 11.6 Å². The number of aliphatic imine (C=N–C) groups is 1. The summed E-state index contributed by atoms with van der Waals surface area (Å²) in [5.41, 5.74) is 1.08. The third-order valence-corrected chi connectivity index (χ3v) is 7.48. The number of halogens is 1. The smallest absolute Gasteiger partial charge is 0.137 e. The van der Waals surface area contributed by atoms with Gasteiger partial charge in [0.05, 0.1) is 0 Å². The fourth-order valence-electron chi connectivity index (χ4n) is 5.68. The van der Waals surface area contributed by atoms with Crippen LogP contribution < -0.4 is 5.11 Å². The largest absolute Gasteiger partial charge is 2.00 e. The molecule has 2 fully saturated rings. The van der Waals surface area contributed by atoms with Crippen LogP contribution in [0.25, 0.3) is 0 Å². The van der Waals surface area contributed by atoms with Gasteiger partial charge >= 0.3 is 0 Å². The SMILES string of the molecule is CCC(=O)C1C(c2ccc(F)cc2)CC2CCC1N2CCCN(CC[S-])CC([O-])=NCC[S-].[O-2].[Re]. The quantitative estimate of drug-likeness (QED) is 0.179. The molecule has 0 amide bonds. The minimum absolute atomic E-state index is 0. The van der Waals surface area contributed by atoms with Gasteiger partial charge in [-0.05, 0) is 74.8 Å². The molecule has 0 aromatic heterocycles. The topological polar surface area (TPSA) is 87.5 Å². The Kier molecular flexibility index (Phi) is 15.2. The molecule has 1 radical (unpaired) electrons. The third-order valence-electron chi connectivity index (χ3n) is 7.12. The van der Waals surface area contributed by atoms with E-state index in [1.807, 2.05) is 19.1 Å². The van der Waals surface area contributed by atoms with E-state index in [4.69, 9.17) is 25.3 Å². The van der Waals surface area contributed by atoms with Crippen LogP contribution in [0.5, 0.6) is 0 Å². The molecule has 2 saturated heterocycles. The van der Waals surface area contributed by atoms with Crippen molar-refractivity contribution in [2.24, 2.45) is 10.9 Å². The van der Waals surface area contributed by atoms with Crippen molar-refractivity contribution < 1.29 is 40.2 Å². The summed E-state index contributed by atoms with van der Waals surface area (Å²) in [5, 5.41) is 12.0. The van der Waals surface area contributed by atoms with Crippen molar-refractivity contribution >= 4 is 36.9 Å². The number of ketones is 1. The van der Waals surface area contributed by atoms with Crippen LogP contribution in [0, 0.1) is 11.7 Å². The van der Waals surface area contributed by atoms with Gasteiger partial charge in [0, 0.05) is 57.9 Å². The van der Waals surface area contributed by atoms with E-state index in [9.17, 15) is 14.3 Å². The second-order valence-electron chi connectivity index (χ2n) is 9.09. The molecule has 2 aliphatic rings. The van der Waals surface area contributed by atoms with Crippen LogP contribution in [0.1, 0.15) is 50.5 Å². The molecule has 2 heterocycles. The Hall–Kier alpha value is -0.468. The van der Waals surface area contributed by atoms with Crippen LogP contribution in [-0.2, 0) is 56.0 Å². The Balaban J connectivity index is 0.00000306. The van der Waals surface area contributed by atoms with E-state index in [2.05, 4.69) is 14.8 Å². The number of benzene rings is 1. The van der Waals surface area contributed by atoms with E-state index in [1.165, 1.54) is 12.1 Å². The van der Waals surface area contributed by atoms with Crippen LogP contribution in [-0.4, -0.2) is 77.8 Å². The molecule has 35 heavy (non-hydrogen) atoms. The van der Waals surface area contributed by atoms with Crippen molar-refractivity contribution in [1.82, 2.24) is 9.80 Å². The average molecular weight is 695 g/mol. The number of rotatable bonds is 13. The number of nitrogens with zero attached hydrogens (tertiary/aromatic N) is 3. The van der Waals surface area contributed by atoms with Crippen LogP contribution >= 0.6 is 0 Å². The zero-order valence-corrected chi connectivity index (χ0v) is 24.6. The maximum absolute atomic E-state index is 13.5. The first kappa shape index (κ1) is 32.6. The first-order valence-electron chi connectivity index (χ1n) is 12.1. The number of carbonyl (C=O) groups excluding carboxylic acids is 1. The Morgan fingerprint density at radius 1 is 1.20 bits per heavy atom. The van der Waals surface area contributed by atoms with E-state index in [0.29, 0.717) is 49.4 Å². The second kappa shape index (κ2) is 16.4. The maximum atomic E-state index is 13.5. The summed E-state index contributed by atoms with van der Waals surface area (Å²) in [6, 6.07) is 7.40. The summed E-state index contributed by atoms with van der Waals surface area (Å²) in [6.07, 6.45) is 4.52. The summed E-state index contributed by atoms with van der Waals surface area (Å²) in [4.78, 5) is 21.7. The zero-order valence-electron chi connectivity index (χ0n) is 20.2. The molecule has 10 heteroatoms. The first-order chi connectivity index (χ1) is 16.0. The van der Waals surface area contributed by atoms with Crippen molar-refractivity contribution in [3.63, 3.8) is 0 Å². The summed E-state index contributed by atoms with van der Waals surface area (Å²) in [6.45, 7) is 5.02. The van der Waals surface area contributed by atoms with Gasteiger partial charge in [-0.15, -0.1) is 0 Å². The molecule has 1 aromatic carbocycles. The Morgan fingerprint density at radius 2 is 1.91 bits per heavy atom. The summed E-state index contributed by atoms with van der Waals surface area (Å²) in [5.74, 6) is 1.10. The predicted molar refractivity (Wildman–Crippen MR) is 135 cm³/mol. The first-order valence-corrected chi connectivity index (χ1v) is 13.3. The molecular formula is C25H35FN3O3ReS2-5. The van der Waals surface area contributed by atoms with Gasteiger partial charge < -0.3 is 45.7 Å². The molecule has 199 valence electrons. The minimum Gasteiger partial charge on any atom is -2.00 e. The van der Waals surface area contributed by atoms with Gasteiger partial charge in [0.25, 0.3) is 0 Å². The van der Waals surface area contributed by atoms with Crippen molar-refractivity contribution in [2.75, 3.05) is 44.2 Å². The van der Waals surface area contributed by atoms with Crippen molar-refractivity contribution in [2.45, 2.75) is 57.0 Å². The molecule has 0 saturated carbocycles. The molecule has 2 aliphatic heterocycles. The number of hydrogen-bond acceptors (Lipinski definition) is 7. The fraction of sp³-hybridized carbons (Fsp3) is 0.680. The normalized spacial score (nSPS) is 24.2.